The highest BCUT2D eigenvalue weighted by molar-refractivity contribution is 5.77. The van der Waals surface area contributed by atoms with Gasteiger partial charge in [-0.25, -0.2) is 0 Å². The van der Waals surface area contributed by atoms with Crippen LogP contribution in [0.15, 0.2) is 24.3 Å². The number of fused-ring (bicyclic) bond motifs is 1. The first-order chi connectivity index (χ1) is 12.7. The molecule has 0 unspecified atom stereocenters. The summed E-state index contributed by atoms with van der Waals surface area (Å²) in [6.45, 7) is 2.73. The van der Waals surface area contributed by atoms with Crippen LogP contribution in [-0.4, -0.2) is 46.8 Å². The number of nitrogens with zero attached hydrogens (tertiary/aromatic N) is 6. The van der Waals surface area contributed by atoms with Gasteiger partial charge in [0.05, 0.1) is 0 Å². The number of rotatable bonds is 6. The van der Waals surface area contributed by atoms with Gasteiger partial charge in [-0.1, -0.05) is 12.1 Å². The molecule has 26 heavy (non-hydrogen) atoms. The Kier molecular flexibility index (Phi) is 4.37. The van der Waals surface area contributed by atoms with E-state index in [4.69, 9.17) is 0 Å². The van der Waals surface area contributed by atoms with Crippen molar-refractivity contribution in [1.29, 1.82) is 0 Å². The van der Waals surface area contributed by atoms with Gasteiger partial charge in [-0.05, 0) is 31.9 Å². The number of hydrogen-bond acceptors (Lipinski definition) is 6. The highest BCUT2D eigenvalue weighted by Gasteiger charge is 2.35. The minimum absolute atomic E-state index is 0.0956. The van der Waals surface area contributed by atoms with Crippen LogP contribution in [0.4, 0.5) is 0 Å². The van der Waals surface area contributed by atoms with Crippen molar-refractivity contribution in [2.45, 2.75) is 51.4 Å². The van der Waals surface area contributed by atoms with Crippen molar-refractivity contribution >= 4 is 16.9 Å². The lowest BCUT2D eigenvalue weighted by atomic mass is 9.79. The van der Waals surface area contributed by atoms with Gasteiger partial charge in [0, 0.05) is 18.5 Å². The Morgan fingerprint density at radius 2 is 1.92 bits per heavy atom. The van der Waals surface area contributed by atoms with Crippen LogP contribution in [0.1, 0.15) is 37.3 Å². The summed E-state index contributed by atoms with van der Waals surface area (Å²) in [4.78, 5) is 13.7. The molecule has 0 bridgehead atoms. The van der Waals surface area contributed by atoms with Crippen molar-refractivity contribution in [2.24, 2.45) is 0 Å². The van der Waals surface area contributed by atoms with Gasteiger partial charge in [0.1, 0.15) is 30.0 Å². The molecule has 0 aliphatic heterocycles. The van der Waals surface area contributed by atoms with Gasteiger partial charge in [-0.3, -0.25) is 4.79 Å². The van der Waals surface area contributed by atoms with Crippen LogP contribution in [0.25, 0.3) is 11.0 Å². The number of aliphatic hydroxyl groups excluding tert-OH is 1. The molecule has 1 fully saturated rings. The summed E-state index contributed by atoms with van der Waals surface area (Å²) in [6, 6.07) is 7.66. The second-order valence-electron chi connectivity index (χ2n) is 6.53. The van der Waals surface area contributed by atoms with Gasteiger partial charge < -0.3 is 15.0 Å². The van der Waals surface area contributed by atoms with Crippen LogP contribution in [-0.2, 0) is 24.5 Å². The lowest BCUT2D eigenvalue weighted by molar-refractivity contribution is -0.123. The summed E-state index contributed by atoms with van der Waals surface area (Å²) in [5, 5.41) is 29.2. The van der Waals surface area contributed by atoms with E-state index in [0.29, 0.717) is 5.82 Å². The van der Waals surface area contributed by atoms with E-state index in [1.165, 1.54) is 4.80 Å². The number of amides is 1. The van der Waals surface area contributed by atoms with E-state index in [2.05, 4.69) is 25.7 Å². The summed E-state index contributed by atoms with van der Waals surface area (Å²) in [6.07, 6.45) is 1.65. The monoisotopic (exact) mass is 355 g/mol. The molecule has 0 radical (unpaired) electrons. The molecule has 9 nitrogen and oxygen atoms in total. The maximum Gasteiger partial charge on any atom is 0.243 e. The minimum Gasteiger partial charge on any atom is -0.388 e. The average Bonchev–Trinajstić information content (AvgIpc) is 3.19. The second-order valence-corrected chi connectivity index (χ2v) is 6.53. The van der Waals surface area contributed by atoms with E-state index in [1.54, 1.807) is 0 Å². The van der Waals surface area contributed by atoms with Crippen molar-refractivity contribution in [3.05, 3.63) is 35.9 Å². The fourth-order valence-corrected chi connectivity index (χ4v) is 3.44. The van der Waals surface area contributed by atoms with Gasteiger partial charge in [0.2, 0.25) is 5.91 Å². The fraction of sp³-hybridized carbons (Fsp3) is 0.471. The molecule has 1 aliphatic carbocycles. The third-order valence-electron chi connectivity index (χ3n) is 4.80. The molecular weight excluding hydrogens is 334 g/mol. The number of benzene rings is 1. The largest absolute Gasteiger partial charge is 0.388 e. The molecule has 1 saturated carbocycles. The molecule has 3 aromatic rings. The molecular formula is C17H21N7O2. The number of carbonyl (C=O) groups excluding carboxylic acids is 1. The number of aliphatic hydroxyl groups is 1. The van der Waals surface area contributed by atoms with E-state index in [0.717, 1.165) is 36.2 Å². The molecule has 2 heterocycles. The Morgan fingerprint density at radius 1 is 1.23 bits per heavy atom. The third-order valence-corrected chi connectivity index (χ3v) is 4.80. The molecule has 0 saturated heterocycles. The molecule has 136 valence electrons. The molecule has 4 rings (SSSR count). The first-order valence-electron chi connectivity index (χ1n) is 8.80. The Bertz CT molecular complexity index is 893. The zero-order chi connectivity index (χ0) is 18.1. The summed E-state index contributed by atoms with van der Waals surface area (Å²) in [5.41, 5.74) is 1.56. The Balaban J connectivity index is 1.32. The van der Waals surface area contributed by atoms with E-state index in [9.17, 15) is 9.90 Å². The zero-order valence-electron chi connectivity index (χ0n) is 14.5. The quantitative estimate of drug-likeness (QED) is 0.670. The molecule has 1 aromatic carbocycles. The summed E-state index contributed by atoms with van der Waals surface area (Å²) >= 11 is 0. The maximum absolute atomic E-state index is 12.2. The molecule has 2 aromatic heterocycles. The summed E-state index contributed by atoms with van der Waals surface area (Å²) in [7, 11) is 0. The normalized spacial score (nSPS) is 19.5. The number of aromatic nitrogens is 6. The molecule has 0 spiro atoms. The van der Waals surface area contributed by atoms with E-state index in [-0.39, 0.29) is 31.0 Å². The smallest absolute Gasteiger partial charge is 0.243 e. The first-order valence-corrected chi connectivity index (χ1v) is 8.80. The predicted molar refractivity (Wildman–Crippen MR) is 93.1 cm³/mol. The van der Waals surface area contributed by atoms with Gasteiger partial charge in [-0.2, -0.15) is 15.0 Å². The number of nitrogens with one attached hydrogen (secondary N) is 1. The topological polar surface area (TPSA) is 111 Å². The van der Waals surface area contributed by atoms with Crippen molar-refractivity contribution in [3.8, 4) is 0 Å². The first kappa shape index (κ1) is 16.6. The summed E-state index contributed by atoms with van der Waals surface area (Å²) in [5.74, 6) is 1.65. The van der Waals surface area contributed by atoms with Crippen LogP contribution in [0.2, 0.25) is 0 Å². The van der Waals surface area contributed by atoms with Crippen molar-refractivity contribution in [2.75, 3.05) is 0 Å². The Labute approximate surface area is 150 Å². The third kappa shape index (κ3) is 3.05. The molecule has 1 aliphatic rings. The SMILES string of the molecule is CCn1c(CO)nnc1C1CC(NC(=O)Cn2nc3ccccc3n2)C1. The van der Waals surface area contributed by atoms with Crippen LogP contribution < -0.4 is 5.32 Å². The molecule has 2 N–H and O–H groups in total. The number of carbonyl (C=O) groups is 1. The van der Waals surface area contributed by atoms with Gasteiger partial charge in [0.25, 0.3) is 0 Å². The lowest BCUT2D eigenvalue weighted by Crippen LogP contribution is -2.45. The molecule has 0 atom stereocenters. The molecule has 9 heteroatoms. The standard InChI is InChI=1S/C17H21N7O2/c1-2-23-15(10-25)19-20-17(23)11-7-12(8-11)18-16(26)9-24-21-13-5-3-4-6-14(13)22-24/h3-6,11-12,25H,2,7-10H2,1H3,(H,18,26). The second kappa shape index (κ2) is 6.83. The van der Waals surface area contributed by atoms with Gasteiger partial charge in [0.15, 0.2) is 5.82 Å². The van der Waals surface area contributed by atoms with Crippen molar-refractivity contribution < 1.29 is 9.90 Å². The fourth-order valence-electron chi connectivity index (χ4n) is 3.44. The predicted octanol–water partition coefficient (Wildman–Crippen LogP) is 0.597. The maximum atomic E-state index is 12.2. The highest BCUT2D eigenvalue weighted by atomic mass is 16.3. The van der Waals surface area contributed by atoms with Crippen LogP contribution >= 0.6 is 0 Å². The lowest BCUT2D eigenvalue weighted by Gasteiger charge is -2.35. The average molecular weight is 355 g/mol. The van der Waals surface area contributed by atoms with Crippen LogP contribution in [0.3, 0.4) is 0 Å². The number of hydrogen-bond donors (Lipinski definition) is 2. The van der Waals surface area contributed by atoms with Crippen LogP contribution in [0, 0.1) is 0 Å². The van der Waals surface area contributed by atoms with Gasteiger partial charge >= 0.3 is 0 Å². The van der Waals surface area contributed by atoms with E-state index < -0.39 is 0 Å². The highest BCUT2D eigenvalue weighted by Crippen LogP contribution is 2.36. The van der Waals surface area contributed by atoms with Crippen molar-refractivity contribution in [1.82, 2.24) is 35.1 Å². The molecule has 1 amide bonds. The minimum atomic E-state index is -0.112. The van der Waals surface area contributed by atoms with Crippen molar-refractivity contribution in [3.63, 3.8) is 0 Å². The van der Waals surface area contributed by atoms with Crippen LogP contribution in [0.5, 0.6) is 0 Å². The Morgan fingerprint density at radius 3 is 2.54 bits per heavy atom. The Hall–Kier alpha value is -2.81. The zero-order valence-corrected chi connectivity index (χ0v) is 14.5. The van der Waals surface area contributed by atoms with Gasteiger partial charge in [-0.15, -0.1) is 10.2 Å². The van der Waals surface area contributed by atoms with E-state index >= 15 is 0 Å². The van der Waals surface area contributed by atoms with E-state index in [1.807, 2.05) is 35.8 Å². The summed E-state index contributed by atoms with van der Waals surface area (Å²) < 4.78 is 1.95.